The Morgan fingerprint density at radius 3 is 2.50 bits per heavy atom. The van der Waals surface area contributed by atoms with E-state index in [1.165, 1.54) is 19.2 Å². The highest BCUT2D eigenvalue weighted by Gasteiger charge is 2.33. The van der Waals surface area contributed by atoms with Crippen LogP contribution in [0, 0.1) is 5.82 Å². The van der Waals surface area contributed by atoms with Crippen LogP contribution in [0.5, 0.6) is 0 Å². The Bertz CT molecular complexity index is 391. The first-order valence-electron chi connectivity index (χ1n) is 6.09. The first-order chi connectivity index (χ1) is 8.51. The average Bonchev–Trinajstić information content (AvgIpc) is 2.38. The van der Waals surface area contributed by atoms with Gasteiger partial charge in [-0.3, -0.25) is 4.79 Å². The van der Waals surface area contributed by atoms with E-state index in [0.29, 0.717) is 6.42 Å². The van der Waals surface area contributed by atoms with Gasteiger partial charge in [0.1, 0.15) is 11.4 Å². The molecule has 1 unspecified atom stereocenters. The summed E-state index contributed by atoms with van der Waals surface area (Å²) >= 11 is 0. The number of esters is 1. The topological polar surface area (TPSA) is 38.3 Å². The van der Waals surface area contributed by atoms with Gasteiger partial charge in [0, 0.05) is 6.42 Å². The first kappa shape index (κ1) is 14.6. The van der Waals surface area contributed by atoms with Gasteiger partial charge >= 0.3 is 5.97 Å². The van der Waals surface area contributed by atoms with Gasteiger partial charge in [-0.2, -0.15) is 0 Å². The molecule has 1 aromatic carbocycles. The Hall–Kier alpha value is -1.42. The molecule has 0 radical (unpaired) electrons. The van der Waals surface area contributed by atoms with Crippen molar-refractivity contribution in [1.82, 2.24) is 5.32 Å². The van der Waals surface area contributed by atoms with E-state index >= 15 is 0 Å². The van der Waals surface area contributed by atoms with E-state index in [2.05, 4.69) is 5.32 Å². The molecule has 1 rings (SSSR count). The third-order valence-electron chi connectivity index (χ3n) is 2.87. The number of methoxy groups -OCH3 is 1. The van der Waals surface area contributed by atoms with Crippen molar-refractivity contribution in [3.05, 3.63) is 35.6 Å². The van der Waals surface area contributed by atoms with E-state index in [-0.39, 0.29) is 11.8 Å². The second-order valence-electron chi connectivity index (χ2n) is 4.55. The summed E-state index contributed by atoms with van der Waals surface area (Å²) in [6.45, 7) is 4.56. The van der Waals surface area contributed by atoms with Crippen molar-refractivity contribution in [2.75, 3.05) is 13.7 Å². The van der Waals surface area contributed by atoms with E-state index in [1.54, 1.807) is 19.1 Å². The van der Waals surface area contributed by atoms with Crippen LogP contribution in [-0.2, 0) is 16.0 Å². The van der Waals surface area contributed by atoms with Crippen LogP contribution in [0.1, 0.15) is 25.8 Å². The molecule has 18 heavy (non-hydrogen) atoms. The molecule has 0 saturated carbocycles. The van der Waals surface area contributed by atoms with Gasteiger partial charge in [0.25, 0.3) is 0 Å². The van der Waals surface area contributed by atoms with Crippen molar-refractivity contribution in [2.24, 2.45) is 0 Å². The molecule has 0 aliphatic heterocycles. The van der Waals surface area contributed by atoms with E-state index in [4.69, 9.17) is 4.74 Å². The minimum atomic E-state index is -0.775. The molecule has 1 atom stereocenters. The van der Waals surface area contributed by atoms with Gasteiger partial charge in [0.2, 0.25) is 0 Å². The third kappa shape index (κ3) is 3.81. The predicted molar refractivity (Wildman–Crippen MR) is 68.8 cm³/mol. The summed E-state index contributed by atoms with van der Waals surface area (Å²) in [6, 6.07) is 6.16. The lowest BCUT2D eigenvalue weighted by Gasteiger charge is -2.28. The molecule has 1 aromatic rings. The number of hydrogen-bond acceptors (Lipinski definition) is 3. The molecule has 0 aromatic heterocycles. The van der Waals surface area contributed by atoms with Crippen molar-refractivity contribution < 1.29 is 13.9 Å². The summed E-state index contributed by atoms with van der Waals surface area (Å²) < 4.78 is 17.7. The summed E-state index contributed by atoms with van der Waals surface area (Å²) in [5, 5.41) is 3.19. The van der Waals surface area contributed by atoms with Crippen molar-refractivity contribution in [1.29, 1.82) is 0 Å². The zero-order valence-electron chi connectivity index (χ0n) is 11.1. The monoisotopic (exact) mass is 253 g/mol. The number of carbonyl (C=O) groups excluding carboxylic acids is 1. The molecule has 3 nitrogen and oxygen atoms in total. The highest BCUT2D eigenvalue weighted by atomic mass is 19.1. The van der Waals surface area contributed by atoms with Crippen LogP contribution in [0.2, 0.25) is 0 Å². The number of ether oxygens (including phenoxy) is 1. The Kier molecular flexibility index (Phi) is 5.28. The van der Waals surface area contributed by atoms with E-state index in [9.17, 15) is 9.18 Å². The molecule has 0 aliphatic rings. The van der Waals surface area contributed by atoms with Crippen LogP contribution in [0.3, 0.4) is 0 Å². The van der Waals surface area contributed by atoms with Crippen LogP contribution < -0.4 is 5.32 Å². The van der Waals surface area contributed by atoms with Crippen molar-refractivity contribution in [2.45, 2.75) is 32.2 Å². The predicted octanol–water partition coefficient (Wildman–Crippen LogP) is 2.30. The third-order valence-corrected chi connectivity index (χ3v) is 2.87. The van der Waals surface area contributed by atoms with Crippen LogP contribution in [0.25, 0.3) is 0 Å². The average molecular weight is 253 g/mol. The standard InChI is InChI=1S/C14H20FNO2/c1-4-9-16-14(2,13(17)18-3)10-11-5-7-12(15)8-6-11/h5-8,16H,4,9-10H2,1-3H3. The molecule has 1 N–H and O–H groups in total. The number of nitrogens with one attached hydrogen (secondary N) is 1. The van der Waals surface area contributed by atoms with Gasteiger partial charge in [-0.15, -0.1) is 0 Å². The lowest BCUT2D eigenvalue weighted by Crippen LogP contribution is -2.52. The minimum absolute atomic E-state index is 0.278. The van der Waals surface area contributed by atoms with Crippen molar-refractivity contribution >= 4 is 5.97 Å². The second kappa shape index (κ2) is 6.50. The quantitative estimate of drug-likeness (QED) is 0.791. The highest BCUT2D eigenvalue weighted by molar-refractivity contribution is 5.80. The van der Waals surface area contributed by atoms with Gasteiger partial charge in [0.15, 0.2) is 0 Å². The fourth-order valence-corrected chi connectivity index (χ4v) is 1.84. The van der Waals surface area contributed by atoms with Crippen LogP contribution in [0.4, 0.5) is 4.39 Å². The highest BCUT2D eigenvalue weighted by Crippen LogP contribution is 2.15. The summed E-state index contributed by atoms with van der Waals surface area (Å²) in [7, 11) is 1.37. The molecule has 0 aliphatic carbocycles. The fraction of sp³-hybridized carbons (Fsp3) is 0.500. The molecule has 0 saturated heterocycles. The maximum Gasteiger partial charge on any atom is 0.326 e. The zero-order chi connectivity index (χ0) is 13.6. The molecule has 0 heterocycles. The fourth-order valence-electron chi connectivity index (χ4n) is 1.84. The van der Waals surface area contributed by atoms with E-state index in [1.807, 2.05) is 6.92 Å². The summed E-state index contributed by atoms with van der Waals surface area (Å²) in [5.41, 5.74) is 0.121. The number of benzene rings is 1. The van der Waals surface area contributed by atoms with Gasteiger partial charge in [-0.1, -0.05) is 19.1 Å². The number of hydrogen-bond donors (Lipinski definition) is 1. The molecule has 0 bridgehead atoms. The molecule has 0 amide bonds. The molecule has 100 valence electrons. The smallest absolute Gasteiger partial charge is 0.326 e. The summed E-state index contributed by atoms with van der Waals surface area (Å²) in [5.74, 6) is -0.583. The Labute approximate surface area is 107 Å². The second-order valence-corrected chi connectivity index (χ2v) is 4.55. The van der Waals surface area contributed by atoms with Gasteiger partial charge in [-0.25, -0.2) is 4.39 Å². The van der Waals surface area contributed by atoms with Gasteiger partial charge in [-0.05, 0) is 37.6 Å². The van der Waals surface area contributed by atoms with Crippen LogP contribution in [-0.4, -0.2) is 25.2 Å². The zero-order valence-corrected chi connectivity index (χ0v) is 11.1. The largest absolute Gasteiger partial charge is 0.468 e. The van der Waals surface area contributed by atoms with E-state index < -0.39 is 5.54 Å². The summed E-state index contributed by atoms with van der Waals surface area (Å²) in [6.07, 6.45) is 1.40. The molecular formula is C14H20FNO2. The maximum absolute atomic E-state index is 12.8. The van der Waals surface area contributed by atoms with Crippen molar-refractivity contribution in [3.63, 3.8) is 0 Å². The van der Waals surface area contributed by atoms with Crippen LogP contribution >= 0.6 is 0 Å². The minimum Gasteiger partial charge on any atom is -0.468 e. The first-order valence-corrected chi connectivity index (χ1v) is 6.09. The molecule has 0 fully saturated rings. The van der Waals surface area contributed by atoms with Crippen LogP contribution in [0.15, 0.2) is 24.3 Å². The lowest BCUT2D eigenvalue weighted by atomic mass is 9.92. The number of carbonyl (C=O) groups is 1. The number of halogens is 1. The Morgan fingerprint density at radius 1 is 1.39 bits per heavy atom. The normalized spacial score (nSPS) is 14.0. The van der Waals surface area contributed by atoms with Gasteiger partial charge in [0.05, 0.1) is 7.11 Å². The lowest BCUT2D eigenvalue weighted by molar-refractivity contribution is -0.147. The van der Waals surface area contributed by atoms with E-state index in [0.717, 1.165) is 18.5 Å². The molecule has 4 heteroatoms. The molecular weight excluding hydrogens is 233 g/mol. The Balaban J connectivity index is 2.83. The molecule has 0 spiro atoms. The van der Waals surface area contributed by atoms with Crippen molar-refractivity contribution in [3.8, 4) is 0 Å². The maximum atomic E-state index is 12.8. The SMILES string of the molecule is CCCNC(C)(Cc1ccc(F)cc1)C(=O)OC. The summed E-state index contributed by atoms with van der Waals surface area (Å²) in [4.78, 5) is 11.9. The van der Waals surface area contributed by atoms with Gasteiger partial charge < -0.3 is 10.1 Å². The number of rotatable bonds is 6. The Morgan fingerprint density at radius 2 is 2.00 bits per heavy atom.